The van der Waals surface area contributed by atoms with Gasteiger partial charge in [0.05, 0.1) is 30.5 Å². The standard InChI is InChI=1S/C31H34N4O8S/c1-12-6-15-7-17-18(8-32)35-19-9-40-31(38)16(33)10-44-30(24(35)23(34(17)4)20(15)25(37)26(12)39-5)22-21(19)29-28(41-11-42-29)13(2)27(22)43-14(3)36/h6,16-19,23-24,30,37H,7,9-11,33H2,1-5H3/t16-,17-,18-,19+,23+,24?,30+/m0/s1. The third-order valence-corrected chi connectivity index (χ3v) is 11.1. The maximum atomic E-state index is 13.0. The number of aryl methyl sites for hydroxylation is 1. The van der Waals surface area contributed by atoms with Crippen LogP contribution in [0.4, 0.5) is 0 Å². The van der Waals surface area contributed by atoms with Crippen molar-refractivity contribution in [2.45, 2.75) is 68.7 Å². The zero-order chi connectivity index (χ0) is 31.2. The van der Waals surface area contributed by atoms with Crippen LogP contribution in [0.3, 0.4) is 0 Å². The molecule has 2 saturated heterocycles. The van der Waals surface area contributed by atoms with Gasteiger partial charge < -0.3 is 34.5 Å². The molecule has 5 heterocycles. The third-order valence-electron chi connectivity index (χ3n) is 9.69. The number of carbonyl (C=O) groups is 2. The second kappa shape index (κ2) is 10.4. The first-order valence-corrected chi connectivity index (χ1v) is 15.6. The number of hydrogen-bond donors (Lipinski definition) is 2. The largest absolute Gasteiger partial charge is 0.504 e. The average molecular weight is 623 g/mol. The fraction of sp³-hybridized carbons (Fsp3) is 0.516. The van der Waals surface area contributed by atoms with Crippen LogP contribution in [-0.2, 0) is 20.7 Å². The summed E-state index contributed by atoms with van der Waals surface area (Å²) in [5.41, 5.74) is 10.8. The Balaban J connectivity index is 1.56. The highest BCUT2D eigenvalue weighted by molar-refractivity contribution is 7.99. The van der Waals surface area contributed by atoms with Gasteiger partial charge in [-0.05, 0) is 38.4 Å². The van der Waals surface area contributed by atoms with Crippen LogP contribution in [0, 0.1) is 25.2 Å². The van der Waals surface area contributed by atoms with Crippen molar-refractivity contribution < 1.29 is 38.4 Å². The van der Waals surface area contributed by atoms with Gasteiger partial charge in [0.2, 0.25) is 6.79 Å². The molecule has 0 aliphatic carbocycles. The Bertz CT molecular complexity index is 1640. The number of thioether (sulfide) groups is 1. The van der Waals surface area contributed by atoms with Crippen LogP contribution in [0.15, 0.2) is 6.07 Å². The first-order chi connectivity index (χ1) is 21.1. The first-order valence-electron chi connectivity index (χ1n) is 14.5. The molecule has 2 aromatic rings. The summed E-state index contributed by atoms with van der Waals surface area (Å²) in [6, 6.07) is 1.36. The van der Waals surface area contributed by atoms with Crippen LogP contribution >= 0.6 is 11.8 Å². The molecule has 4 bridgehead atoms. The Hall–Kier alpha value is -3.70. The molecule has 0 radical (unpaired) electrons. The highest BCUT2D eigenvalue weighted by Gasteiger charge is 2.60. The Morgan fingerprint density at radius 2 is 1.93 bits per heavy atom. The number of nitriles is 1. The summed E-state index contributed by atoms with van der Waals surface area (Å²) in [4.78, 5) is 29.8. The van der Waals surface area contributed by atoms with Crippen LogP contribution in [0.25, 0.3) is 0 Å². The van der Waals surface area contributed by atoms with Gasteiger partial charge in [-0.1, -0.05) is 6.07 Å². The number of hydrogen-bond acceptors (Lipinski definition) is 13. The highest BCUT2D eigenvalue weighted by Crippen LogP contribution is 2.64. The minimum Gasteiger partial charge on any atom is -0.504 e. The monoisotopic (exact) mass is 622 g/mol. The van der Waals surface area contributed by atoms with Gasteiger partial charge in [0.1, 0.15) is 24.4 Å². The molecule has 3 N–H and O–H groups in total. The molecule has 13 heteroatoms. The minimum absolute atomic E-state index is 0.0270. The highest BCUT2D eigenvalue weighted by atomic mass is 32.2. The average Bonchev–Trinajstić information content (AvgIpc) is 3.47. The number of methoxy groups -OCH3 is 1. The predicted octanol–water partition coefficient (Wildman–Crippen LogP) is 2.56. The van der Waals surface area contributed by atoms with Crippen molar-refractivity contribution in [1.82, 2.24) is 9.80 Å². The van der Waals surface area contributed by atoms with E-state index in [-0.39, 0.29) is 30.9 Å². The molecule has 0 saturated carbocycles. The summed E-state index contributed by atoms with van der Waals surface area (Å²) in [6.45, 7) is 4.93. The molecule has 44 heavy (non-hydrogen) atoms. The quantitative estimate of drug-likeness (QED) is 0.372. The molecule has 12 nitrogen and oxygen atoms in total. The van der Waals surface area contributed by atoms with Gasteiger partial charge >= 0.3 is 11.9 Å². The van der Waals surface area contributed by atoms with Crippen LogP contribution < -0.4 is 24.7 Å². The summed E-state index contributed by atoms with van der Waals surface area (Å²) in [6.07, 6.45) is 0.522. The number of nitrogens with two attached hydrogens (primary N) is 1. The van der Waals surface area contributed by atoms with Gasteiger partial charge in [0, 0.05) is 47.0 Å². The summed E-state index contributed by atoms with van der Waals surface area (Å²) in [5.74, 6) is 0.953. The summed E-state index contributed by atoms with van der Waals surface area (Å²) in [5, 5.41) is 22.1. The van der Waals surface area contributed by atoms with E-state index in [2.05, 4.69) is 15.9 Å². The lowest BCUT2D eigenvalue weighted by Crippen LogP contribution is -2.69. The van der Waals surface area contributed by atoms with Gasteiger partial charge in [-0.25, -0.2) is 0 Å². The minimum atomic E-state index is -0.890. The lowest BCUT2D eigenvalue weighted by Gasteiger charge is -2.61. The number of esters is 2. The van der Waals surface area contributed by atoms with Crippen molar-refractivity contribution in [2.75, 3.05) is 33.3 Å². The zero-order valence-electron chi connectivity index (χ0n) is 25.1. The second-order valence-electron chi connectivity index (χ2n) is 12.0. The SMILES string of the molecule is COc1c(C)cc2c(c1O)[C@@H]1C3[C@@H]4SC[C@H](N)C(=O)OC[C@H](c5c6c(c(C)c(OC(C)=O)c54)OCO6)N3[C@@H](C#N)[C@H](C2)N1C. The number of fused-ring (bicyclic) bond motifs is 9. The number of ether oxygens (including phenoxy) is 5. The maximum absolute atomic E-state index is 13.0. The van der Waals surface area contributed by atoms with Crippen molar-refractivity contribution in [1.29, 1.82) is 5.26 Å². The van der Waals surface area contributed by atoms with Crippen molar-refractivity contribution >= 4 is 23.7 Å². The Labute approximate surface area is 258 Å². The number of aromatic hydroxyl groups is 1. The van der Waals surface area contributed by atoms with Gasteiger partial charge in [0.25, 0.3) is 0 Å². The number of nitrogens with zero attached hydrogens (tertiary/aromatic N) is 3. The third kappa shape index (κ3) is 3.94. The van der Waals surface area contributed by atoms with Crippen molar-refractivity contribution in [3.05, 3.63) is 39.4 Å². The number of phenolic OH excluding ortho intramolecular Hbond substituents is 1. The molecule has 232 valence electrons. The van der Waals surface area contributed by atoms with Crippen LogP contribution in [-0.4, -0.2) is 84.3 Å². The fourth-order valence-electron chi connectivity index (χ4n) is 7.98. The molecular formula is C31H34N4O8S. The second-order valence-corrected chi connectivity index (χ2v) is 13.2. The molecule has 0 amide bonds. The Morgan fingerprint density at radius 3 is 2.64 bits per heavy atom. The maximum Gasteiger partial charge on any atom is 0.323 e. The van der Waals surface area contributed by atoms with Crippen molar-refractivity contribution in [3.8, 4) is 34.8 Å². The van der Waals surface area contributed by atoms with Crippen LogP contribution in [0.2, 0.25) is 0 Å². The molecule has 2 aromatic carbocycles. The van der Waals surface area contributed by atoms with Gasteiger partial charge in [-0.3, -0.25) is 19.4 Å². The van der Waals surface area contributed by atoms with E-state index in [1.54, 1.807) is 0 Å². The normalized spacial score (nSPS) is 30.4. The van der Waals surface area contributed by atoms with E-state index in [0.29, 0.717) is 40.5 Å². The van der Waals surface area contributed by atoms with Crippen LogP contribution in [0.1, 0.15) is 57.6 Å². The number of phenols is 1. The van der Waals surface area contributed by atoms with E-state index >= 15 is 0 Å². The van der Waals surface area contributed by atoms with Gasteiger partial charge in [0.15, 0.2) is 23.0 Å². The molecule has 0 spiro atoms. The van der Waals surface area contributed by atoms with Gasteiger partial charge in [-0.2, -0.15) is 5.26 Å². The molecule has 2 fully saturated rings. The smallest absolute Gasteiger partial charge is 0.323 e. The number of cyclic esters (lactones) is 1. The van der Waals surface area contributed by atoms with E-state index in [9.17, 15) is 20.0 Å². The lowest BCUT2D eigenvalue weighted by atomic mass is 9.71. The number of piperazine rings is 1. The van der Waals surface area contributed by atoms with Crippen LogP contribution in [0.5, 0.6) is 28.7 Å². The molecule has 5 aliphatic rings. The molecule has 7 atom stereocenters. The number of carbonyl (C=O) groups excluding carboxylic acids is 2. The Morgan fingerprint density at radius 1 is 1.18 bits per heavy atom. The van der Waals surface area contributed by atoms with E-state index in [0.717, 1.165) is 22.3 Å². The fourth-order valence-corrected chi connectivity index (χ4v) is 9.42. The topological polar surface area (TPSA) is 157 Å². The number of rotatable bonds is 2. The van der Waals surface area contributed by atoms with Crippen molar-refractivity contribution in [2.24, 2.45) is 5.73 Å². The lowest BCUT2D eigenvalue weighted by molar-refractivity contribution is -0.150. The predicted molar refractivity (Wildman–Crippen MR) is 158 cm³/mol. The summed E-state index contributed by atoms with van der Waals surface area (Å²) >= 11 is 1.44. The van der Waals surface area contributed by atoms with E-state index in [1.807, 2.05) is 27.0 Å². The summed E-state index contributed by atoms with van der Waals surface area (Å²) < 4.78 is 29.4. The molecule has 0 aromatic heterocycles. The molecule has 5 aliphatic heterocycles. The van der Waals surface area contributed by atoms with E-state index in [1.165, 1.54) is 25.8 Å². The van der Waals surface area contributed by atoms with E-state index < -0.39 is 47.4 Å². The summed E-state index contributed by atoms with van der Waals surface area (Å²) in [7, 11) is 3.51. The van der Waals surface area contributed by atoms with E-state index in [4.69, 9.17) is 29.4 Å². The first kappa shape index (κ1) is 29.0. The Kier molecular flexibility index (Phi) is 6.89. The zero-order valence-corrected chi connectivity index (χ0v) is 25.9. The molecular weight excluding hydrogens is 588 g/mol. The van der Waals surface area contributed by atoms with Crippen molar-refractivity contribution in [3.63, 3.8) is 0 Å². The van der Waals surface area contributed by atoms with Gasteiger partial charge in [-0.15, -0.1) is 11.8 Å². The number of benzene rings is 2. The molecule has 7 rings (SSSR count). The number of likely N-dealkylation sites (N-methyl/N-ethyl adjacent to an activating group) is 1. The molecule has 1 unspecified atom stereocenters.